The van der Waals surface area contributed by atoms with Gasteiger partial charge in [-0.2, -0.15) is 36.5 Å². The van der Waals surface area contributed by atoms with Crippen molar-refractivity contribution in [2.24, 2.45) is 11.8 Å². The Labute approximate surface area is 415 Å². The number of carboxylic acid groups (broad SMARTS) is 1. The van der Waals surface area contributed by atoms with Crippen LogP contribution < -0.4 is 40.2 Å². The van der Waals surface area contributed by atoms with Gasteiger partial charge in [-0.25, -0.2) is 9.03 Å². The maximum Gasteiger partial charge on any atom is 1.00 e. The van der Waals surface area contributed by atoms with Crippen molar-refractivity contribution >= 4 is 34.8 Å². The largest absolute Gasteiger partial charge is 1.00 e. The molecule has 0 aliphatic heterocycles. The number of carboxylic acids is 1. The van der Waals surface area contributed by atoms with E-state index in [0.717, 1.165) is 86.8 Å². The number of hydrogen-bond acceptors (Lipinski definition) is 8. The van der Waals surface area contributed by atoms with Crippen LogP contribution in [-0.4, -0.2) is 72.8 Å². The number of ether oxygens (including phenoxy) is 1. The predicted molar refractivity (Wildman–Crippen MR) is 236 cm³/mol. The van der Waals surface area contributed by atoms with Crippen LogP contribution in [0.5, 0.6) is 0 Å². The van der Waals surface area contributed by atoms with E-state index in [2.05, 4.69) is 20.8 Å². The number of alkyl halides is 6. The number of aromatic nitrogens is 4. The first-order valence-electron chi connectivity index (χ1n) is 22.1. The summed E-state index contributed by atoms with van der Waals surface area (Å²) in [5.41, 5.74) is 3.68. The van der Waals surface area contributed by atoms with E-state index in [-0.39, 0.29) is 83.2 Å². The molecule has 362 valence electrons. The van der Waals surface area contributed by atoms with E-state index >= 15 is 0 Å². The Morgan fingerprint density at radius 2 is 1.00 bits per heavy atom. The number of rotatable bonds is 12. The molecule has 2 aliphatic carbocycles. The van der Waals surface area contributed by atoms with Gasteiger partial charge in [0.05, 0.1) is 52.8 Å². The van der Waals surface area contributed by atoms with Gasteiger partial charge in [-0.3, -0.25) is 19.2 Å². The van der Waals surface area contributed by atoms with E-state index in [1.54, 1.807) is 33.6 Å². The molecule has 4 aromatic heterocycles. The first-order chi connectivity index (χ1) is 31.9. The zero-order valence-electron chi connectivity index (χ0n) is 38.0. The number of carbonyl (C=O) groups excluding carboxylic acids is 3. The molecule has 6 aromatic rings. The molecule has 0 bridgehead atoms. The number of benzene rings is 2. The molecule has 2 aliphatic rings. The van der Waals surface area contributed by atoms with Crippen molar-refractivity contribution in [3.8, 4) is 0 Å². The number of methoxy groups -OCH3 is 1. The maximum atomic E-state index is 13.1. The van der Waals surface area contributed by atoms with Gasteiger partial charge < -0.3 is 26.0 Å². The molecule has 0 unspecified atom stereocenters. The number of halogens is 6. The minimum atomic E-state index is -4.39. The third-order valence-electron chi connectivity index (χ3n) is 12.6. The molecule has 4 heterocycles. The summed E-state index contributed by atoms with van der Waals surface area (Å²) in [6, 6.07) is 17.3. The van der Waals surface area contributed by atoms with Crippen LogP contribution in [0.4, 0.5) is 26.3 Å². The van der Waals surface area contributed by atoms with Crippen molar-refractivity contribution in [3.63, 3.8) is 0 Å². The number of amides is 2. The van der Waals surface area contributed by atoms with Crippen molar-refractivity contribution in [2.45, 2.75) is 101 Å². The number of nitrogens with zero attached hydrogens (tertiary/aromatic N) is 4. The summed E-state index contributed by atoms with van der Waals surface area (Å²) in [5.74, 6) is -1.08. The summed E-state index contributed by atoms with van der Waals surface area (Å²) in [4.78, 5) is 48.5. The molecule has 0 spiro atoms. The van der Waals surface area contributed by atoms with Gasteiger partial charge in [-0.15, -0.1) is 0 Å². The Kier molecular flexibility index (Phi) is 18.6. The number of hydrogen-bond donors (Lipinski definition) is 3. The van der Waals surface area contributed by atoms with Gasteiger partial charge in [0.1, 0.15) is 0 Å². The number of carbonyl (C=O) groups is 4. The molecule has 13 nitrogen and oxygen atoms in total. The Bertz CT molecular complexity index is 2690. The van der Waals surface area contributed by atoms with Gasteiger partial charge in [-0.1, -0.05) is 36.4 Å². The zero-order valence-corrected chi connectivity index (χ0v) is 40.0. The summed E-state index contributed by atoms with van der Waals surface area (Å²) in [5, 5.41) is 23.6. The van der Waals surface area contributed by atoms with Crippen LogP contribution in [0.25, 0.3) is 11.0 Å². The van der Waals surface area contributed by atoms with E-state index in [0.29, 0.717) is 52.5 Å². The first kappa shape index (κ1) is 54.2. The fourth-order valence-electron chi connectivity index (χ4n) is 9.02. The van der Waals surface area contributed by atoms with E-state index in [1.165, 1.54) is 43.8 Å². The van der Waals surface area contributed by atoms with Crippen LogP contribution >= 0.6 is 0 Å². The van der Waals surface area contributed by atoms with E-state index in [1.807, 2.05) is 12.1 Å². The number of fused-ring (bicyclic) bond motifs is 2. The maximum absolute atomic E-state index is 13.1. The number of nitrogens with one attached hydrogen (secondary N) is 2. The number of esters is 1. The third-order valence-corrected chi connectivity index (χ3v) is 12.6. The quantitative estimate of drug-likeness (QED) is 0.0716. The van der Waals surface area contributed by atoms with Crippen LogP contribution in [0.3, 0.4) is 0 Å². The number of pyridine rings is 2. The molecule has 0 radical (unpaired) electrons. The minimum absolute atomic E-state index is 0. The topological polar surface area (TPSA) is 186 Å². The smallest absolute Gasteiger partial charge is 0.870 e. The average Bonchev–Trinajstić information content (AvgIpc) is 3.94. The molecule has 8 rings (SSSR count). The molecular formula is C49H51F6N6NaO7. The van der Waals surface area contributed by atoms with Crippen LogP contribution in [0.1, 0.15) is 118 Å². The first-order valence-corrected chi connectivity index (χ1v) is 22.1. The molecule has 2 saturated carbocycles. The van der Waals surface area contributed by atoms with Gasteiger partial charge >= 0.3 is 53.8 Å². The minimum Gasteiger partial charge on any atom is -0.870 e. The molecule has 20 heteroatoms. The number of aliphatic carboxylic acids is 1. The zero-order chi connectivity index (χ0) is 47.9. The van der Waals surface area contributed by atoms with Crippen LogP contribution in [-0.2, 0) is 39.5 Å². The van der Waals surface area contributed by atoms with Gasteiger partial charge in [0.2, 0.25) is 0 Å². The fourth-order valence-corrected chi connectivity index (χ4v) is 9.02. The monoisotopic (exact) mass is 972 g/mol. The van der Waals surface area contributed by atoms with Crippen LogP contribution in [0, 0.1) is 11.8 Å². The second-order valence-electron chi connectivity index (χ2n) is 17.3. The van der Waals surface area contributed by atoms with E-state index in [4.69, 9.17) is 9.84 Å². The molecular weight excluding hydrogens is 922 g/mol. The second kappa shape index (κ2) is 23.7. The van der Waals surface area contributed by atoms with Gasteiger partial charge in [0.15, 0.2) is 0 Å². The summed E-state index contributed by atoms with van der Waals surface area (Å²) in [6.45, 7) is 0. The molecule has 2 fully saturated rings. The van der Waals surface area contributed by atoms with Crippen molar-refractivity contribution in [3.05, 3.63) is 142 Å². The summed E-state index contributed by atoms with van der Waals surface area (Å²) < 4.78 is 85.1. The SMILES string of the molecule is COC(=O)CC1CCC(NC(=O)c2cnn3cccc(Cc4ccc(C(F)(F)F)cc4)c23)CC1.O=C(O)CC1CCC(NC(=O)c2cnn3cccc(Cc4ccc(C(F)(F)F)cc4)c23)CC1.[Na+].[OH-]. The van der Waals surface area contributed by atoms with Gasteiger partial charge in [-0.05, 0) is 135 Å². The van der Waals surface area contributed by atoms with Gasteiger partial charge in [0, 0.05) is 37.3 Å². The normalized spacial score (nSPS) is 18.2. The molecule has 2 aromatic carbocycles. The third kappa shape index (κ3) is 14.2. The average molecular weight is 973 g/mol. The Balaban J connectivity index is 0.000000250. The molecule has 0 saturated heterocycles. The van der Waals surface area contributed by atoms with Gasteiger partial charge in [0.25, 0.3) is 11.8 Å². The van der Waals surface area contributed by atoms with Crippen molar-refractivity contribution in [1.29, 1.82) is 0 Å². The standard InChI is InChI=1S/C25H26F3N3O3.C24H24F3N3O3.Na.H2O/c1-34-22(32)14-17-6-10-20(11-7-17)30-24(33)21-15-29-31-12-2-3-18(23(21)31)13-16-4-8-19(9-5-16)25(26,27)28;25-24(26,27)18-7-3-15(4-8-18)12-17-2-1-11-30-22(17)20(14-28-30)23(33)29-19-9-5-16(6-10-19)13-21(31)32;;/h2-5,8-9,12,15,17,20H,6-7,10-11,13-14H2,1H3,(H,30,33);1-4,7-8,11,14,16,19H,5-6,9-10,12-13H2,(H,29,33)(H,31,32);;1H2/q;;+1;/p-1. The summed E-state index contributed by atoms with van der Waals surface area (Å²) in [6.07, 6.45) is 5.19. The Morgan fingerprint density at radius 3 is 1.35 bits per heavy atom. The van der Waals surface area contributed by atoms with Crippen LogP contribution in [0.2, 0.25) is 0 Å². The van der Waals surface area contributed by atoms with E-state index < -0.39 is 29.4 Å². The summed E-state index contributed by atoms with van der Waals surface area (Å²) >= 11 is 0. The second-order valence-corrected chi connectivity index (χ2v) is 17.3. The summed E-state index contributed by atoms with van der Waals surface area (Å²) in [7, 11) is 1.39. The Hall–Kier alpha value is -5.76. The van der Waals surface area contributed by atoms with Crippen molar-refractivity contribution in [1.82, 2.24) is 29.9 Å². The fraction of sp³-hybridized carbons (Fsp3) is 0.388. The molecule has 2 amide bonds. The predicted octanol–water partition coefficient (Wildman–Crippen LogP) is 6.33. The van der Waals surface area contributed by atoms with Crippen molar-refractivity contribution in [2.75, 3.05) is 7.11 Å². The molecule has 69 heavy (non-hydrogen) atoms. The Morgan fingerprint density at radius 1 is 0.623 bits per heavy atom. The van der Waals surface area contributed by atoms with Crippen molar-refractivity contribution < 1.29 is 90.4 Å². The van der Waals surface area contributed by atoms with E-state index in [9.17, 15) is 45.5 Å². The molecule has 0 atom stereocenters. The molecule has 4 N–H and O–H groups in total. The van der Waals surface area contributed by atoms with Crippen LogP contribution in [0.15, 0.2) is 97.6 Å².